The molecule has 0 heterocycles. The summed E-state index contributed by atoms with van der Waals surface area (Å²) in [7, 11) is -2.92. The lowest BCUT2D eigenvalue weighted by atomic mass is 9.96. The van der Waals surface area contributed by atoms with E-state index in [0.717, 1.165) is 11.3 Å². The van der Waals surface area contributed by atoms with Crippen LogP contribution in [-0.2, 0) is 9.84 Å². The maximum absolute atomic E-state index is 11.1. The van der Waals surface area contributed by atoms with E-state index >= 15 is 0 Å². The minimum absolute atomic E-state index is 0.160. The third kappa shape index (κ3) is 4.34. The van der Waals surface area contributed by atoms with Gasteiger partial charge in [0, 0.05) is 6.26 Å². The highest BCUT2D eigenvalue weighted by Crippen LogP contribution is 2.31. The molecule has 22 heavy (non-hydrogen) atoms. The van der Waals surface area contributed by atoms with Crippen LogP contribution in [0, 0.1) is 13.8 Å². The topological polar surface area (TPSA) is 43.4 Å². The summed E-state index contributed by atoms with van der Waals surface area (Å²) in [6.07, 6.45) is 1.76. The molecule has 0 atom stereocenters. The van der Waals surface area contributed by atoms with Crippen LogP contribution in [0.3, 0.4) is 0 Å². The van der Waals surface area contributed by atoms with Gasteiger partial charge in [0.25, 0.3) is 0 Å². The zero-order valence-electron chi connectivity index (χ0n) is 13.3. The minimum atomic E-state index is -2.92. The van der Waals surface area contributed by atoms with E-state index in [1.807, 2.05) is 31.2 Å². The summed E-state index contributed by atoms with van der Waals surface area (Å²) >= 11 is 0. The predicted molar refractivity (Wildman–Crippen MR) is 91.2 cm³/mol. The smallest absolute Gasteiger partial charge is 0.147 e. The minimum Gasteiger partial charge on any atom is -0.493 e. The molecule has 3 nitrogen and oxygen atoms in total. The summed E-state index contributed by atoms with van der Waals surface area (Å²) in [6.45, 7) is 4.53. The second kappa shape index (κ2) is 6.97. The van der Waals surface area contributed by atoms with E-state index in [1.165, 1.54) is 22.9 Å². The van der Waals surface area contributed by atoms with Gasteiger partial charge in [-0.05, 0) is 48.6 Å². The number of benzene rings is 2. The molecule has 0 aliphatic rings. The summed E-state index contributed by atoms with van der Waals surface area (Å²) in [6, 6.07) is 14.3. The van der Waals surface area contributed by atoms with E-state index in [2.05, 4.69) is 25.1 Å². The van der Waals surface area contributed by atoms with Gasteiger partial charge in [0.15, 0.2) is 0 Å². The van der Waals surface area contributed by atoms with Gasteiger partial charge in [0.2, 0.25) is 0 Å². The fraction of sp³-hybridized carbons (Fsp3) is 0.333. The molecule has 0 aromatic heterocycles. The van der Waals surface area contributed by atoms with Crippen molar-refractivity contribution < 1.29 is 13.2 Å². The highest BCUT2D eigenvalue weighted by atomic mass is 32.2. The third-order valence-corrected chi connectivity index (χ3v) is 4.77. The molecular formula is C18H22O3S. The van der Waals surface area contributed by atoms with E-state index in [1.54, 1.807) is 0 Å². The molecule has 4 heteroatoms. The first-order valence-electron chi connectivity index (χ1n) is 7.34. The molecule has 0 radical (unpaired) electrons. The molecule has 0 spiro atoms. The summed E-state index contributed by atoms with van der Waals surface area (Å²) < 4.78 is 28.0. The van der Waals surface area contributed by atoms with Crippen LogP contribution in [0.15, 0.2) is 42.5 Å². The summed E-state index contributed by atoms with van der Waals surface area (Å²) in [4.78, 5) is 0. The van der Waals surface area contributed by atoms with Crippen molar-refractivity contribution in [1.82, 2.24) is 0 Å². The third-order valence-electron chi connectivity index (χ3n) is 3.74. The quantitative estimate of drug-likeness (QED) is 0.761. The van der Waals surface area contributed by atoms with E-state index in [0.29, 0.717) is 13.0 Å². The predicted octanol–water partition coefficient (Wildman–Crippen LogP) is 3.78. The number of sulfone groups is 1. The highest BCUT2D eigenvalue weighted by Gasteiger charge is 2.09. The number of hydrogen-bond donors (Lipinski definition) is 0. The van der Waals surface area contributed by atoms with E-state index in [9.17, 15) is 8.42 Å². The first kappa shape index (κ1) is 16.6. The average molecular weight is 318 g/mol. The average Bonchev–Trinajstić information content (AvgIpc) is 2.48. The molecule has 2 rings (SSSR count). The maximum atomic E-state index is 11.1. The molecule has 2 aromatic carbocycles. The van der Waals surface area contributed by atoms with Gasteiger partial charge in [-0.25, -0.2) is 8.42 Å². The molecule has 2 aromatic rings. The fourth-order valence-electron chi connectivity index (χ4n) is 2.39. The van der Waals surface area contributed by atoms with Gasteiger partial charge in [-0.1, -0.05) is 36.4 Å². The van der Waals surface area contributed by atoms with E-state index in [4.69, 9.17) is 4.74 Å². The zero-order chi connectivity index (χ0) is 16.2. The van der Waals surface area contributed by atoms with Crippen molar-refractivity contribution in [2.45, 2.75) is 20.3 Å². The Kier molecular flexibility index (Phi) is 5.24. The summed E-state index contributed by atoms with van der Waals surface area (Å²) in [5, 5.41) is 0. The van der Waals surface area contributed by atoms with Gasteiger partial charge < -0.3 is 4.74 Å². The van der Waals surface area contributed by atoms with Crippen LogP contribution >= 0.6 is 0 Å². The first-order chi connectivity index (χ1) is 10.4. The van der Waals surface area contributed by atoms with Gasteiger partial charge in [-0.15, -0.1) is 0 Å². The van der Waals surface area contributed by atoms with Gasteiger partial charge in [0.05, 0.1) is 12.4 Å². The lowest BCUT2D eigenvalue weighted by Crippen LogP contribution is -2.08. The molecule has 0 amide bonds. The van der Waals surface area contributed by atoms with Crippen molar-refractivity contribution >= 4 is 9.84 Å². The lowest BCUT2D eigenvalue weighted by molar-refractivity contribution is 0.315. The SMILES string of the molecule is Cc1c(OCCCS(C)(=O)=O)ccc(-c2ccccc2)c1C. The van der Waals surface area contributed by atoms with Gasteiger partial charge in [0.1, 0.15) is 15.6 Å². The Labute approximate surface area is 132 Å². The largest absolute Gasteiger partial charge is 0.493 e. The Hall–Kier alpha value is -1.81. The number of rotatable bonds is 6. The molecule has 0 unspecified atom stereocenters. The van der Waals surface area contributed by atoms with Crippen molar-refractivity contribution in [2.24, 2.45) is 0 Å². The van der Waals surface area contributed by atoms with Gasteiger partial charge >= 0.3 is 0 Å². The van der Waals surface area contributed by atoms with Crippen LogP contribution in [0.5, 0.6) is 5.75 Å². The van der Waals surface area contributed by atoms with Gasteiger partial charge in [-0.2, -0.15) is 0 Å². The molecule has 0 aliphatic heterocycles. The van der Waals surface area contributed by atoms with E-state index < -0.39 is 9.84 Å². The second-order valence-electron chi connectivity index (χ2n) is 5.56. The molecule has 0 N–H and O–H groups in total. The van der Waals surface area contributed by atoms with Crippen LogP contribution in [-0.4, -0.2) is 27.0 Å². The van der Waals surface area contributed by atoms with Crippen molar-refractivity contribution in [3.63, 3.8) is 0 Å². The molecule has 0 saturated heterocycles. The second-order valence-corrected chi connectivity index (χ2v) is 7.82. The Morgan fingerprint density at radius 1 is 0.955 bits per heavy atom. The molecular weight excluding hydrogens is 296 g/mol. The molecule has 0 saturated carbocycles. The number of ether oxygens (including phenoxy) is 1. The van der Waals surface area contributed by atoms with Crippen LogP contribution in [0.25, 0.3) is 11.1 Å². The zero-order valence-corrected chi connectivity index (χ0v) is 14.1. The van der Waals surface area contributed by atoms with Crippen molar-refractivity contribution in [3.05, 3.63) is 53.6 Å². The maximum Gasteiger partial charge on any atom is 0.147 e. The van der Waals surface area contributed by atoms with Crippen LogP contribution in [0.1, 0.15) is 17.5 Å². The van der Waals surface area contributed by atoms with Crippen LogP contribution in [0.4, 0.5) is 0 Å². The summed E-state index contributed by atoms with van der Waals surface area (Å²) in [5.74, 6) is 0.985. The normalized spacial score (nSPS) is 11.4. The monoisotopic (exact) mass is 318 g/mol. The Morgan fingerprint density at radius 2 is 1.64 bits per heavy atom. The van der Waals surface area contributed by atoms with Crippen LogP contribution in [0.2, 0.25) is 0 Å². The molecule has 0 fully saturated rings. The lowest BCUT2D eigenvalue weighted by Gasteiger charge is -2.14. The Morgan fingerprint density at radius 3 is 2.27 bits per heavy atom. The van der Waals surface area contributed by atoms with Gasteiger partial charge in [-0.3, -0.25) is 0 Å². The highest BCUT2D eigenvalue weighted by molar-refractivity contribution is 7.90. The Balaban J connectivity index is 2.11. The van der Waals surface area contributed by atoms with E-state index in [-0.39, 0.29) is 5.75 Å². The van der Waals surface area contributed by atoms with Crippen molar-refractivity contribution in [2.75, 3.05) is 18.6 Å². The summed E-state index contributed by atoms with van der Waals surface area (Å²) in [5.41, 5.74) is 4.67. The number of hydrogen-bond acceptors (Lipinski definition) is 3. The molecule has 0 aliphatic carbocycles. The van der Waals surface area contributed by atoms with Crippen LogP contribution < -0.4 is 4.74 Å². The standard InChI is InChI=1S/C18H22O3S/c1-14-15(2)18(21-12-7-13-22(3,19)20)11-10-17(14)16-8-5-4-6-9-16/h4-6,8-11H,7,12-13H2,1-3H3. The van der Waals surface area contributed by atoms with Crippen molar-refractivity contribution in [1.29, 1.82) is 0 Å². The first-order valence-corrected chi connectivity index (χ1v) is 9.40. The molecule has 0 bridgehead atoms. The molecule has 118 valence electrons. The van der Waals surface area contributed by atoms with Crippen molar-refractivity contribution in [3.8, 4) is 16.9 Å². The Bertz CT molecular complexity index is 734. The fourth-order valence-corrected chi connectivity index (χ4v) is 3.03.